The van der Waals surface area contributed by atoms with Crippen molar-refractivity contribution in [2.75, 3.05) is 18.0 Å². The first-order chi connectivity index (χ1) is 15.8. The standard InChI is InChI=1S/C21H23F2N9O/c1-10-12(5-24-20(25-10)31-7-14-15(8-31)21(14,22)23)6-32-9-17(28-30-32)19(33)26-16-4-3-13-11(2)27-29-18(13)16/h5,9,14-16H,3-4,6-8H2,1-2H3,(H,26,33)(H,27,29). The highest BCUT2D eigenvalue weighted by molar-refractivity contribution is 5.92. The predicted octanol–water partition coefficient (Wildman–Crippen LogP) is 1.57. The van der Waals surface area contributed by atoms with Gasteiger partial charge in [0.2, 0.25) is 5.95 Å². The summed E-state index contributed by atoms with van der Waals surface area (Å²) >= 11 is 0. The van der Waals surface area contributed by atoms with Crippen LogP contribution in [0.3, 0.4) is 0 Å². The number of nitrogens with one attached hydrogen (secondary N) is 2. The van der Waals surface area contributed by atoms with Gasteiger partial charge in [-0.15, -0.1) is 5.10 Å². The SMILES string of the molecule is Cc1nc(N2CC3C(C2)C3(F)F)ncc1Cn1cc(C(=O)NC2CCc3c2n[nH]c3C)nn1. The van der Waals surface area contributed by atoms with Crippen LogP contribution in [-0.4, -0.2) is 60.1 Å². The maximum atomic E-state index is 13.4. The fourth-order valence-electron chi connectivity index (χ4n) is 4.99. The zero-order chi connectivity index (χ0) is 22.9. The molecule has 172 valence electrons. The number of halogens is 2. The van der Waals surface area contributed by atoms with Crippen molar-refractivity contribution >= 4 is 11.9 Å². The van der Waals surface area contributed by atoms with E-state index in [1.165, 1.54) is 5.56 Å². The van der Waals surface area contributed by atoms with E-state index in [1.54, 1.807) is 17.1 Å². The molecule has 3 atom stereocenters. The number of fused-ring (bicyclic) bond motifs is 2. The average Bonchev–Trinajstić information content (AvgIpc) is 3.41. The number of piperidine rings is 1. The fraction of sp³-hybridized carbons (Fsp3) is 0.524. The molecule has 0 aromatic carbocycles. The molecule has 2 aliphatic carbocycles. The van der Waals surface area contributed by atoms with E-state index in [2.05, 4.69) is 35.8 Å². The monoisotopic (exact) mass is 455 g/mol. The highest BCUT2D eigenvalue weighted by atomic mass is 19.3. The van der Waals surface area contributed by atoms with Crippen LogP contribution >= 0.6 is 0 Å². The number of aromatic nitrogens is 7. The lowest BCUT2D eigenvalue weighted by Crippen LogP contribution is -2.29. The van der Waals surface area contributed by atoms with Crippen molar-refractivity contribution in [2.45, 2.75) is 45.2 Å². The molecule has 1 saturated heterocycles. The molecule has 10 nitrogen and oxygen atoms in total. The number of carbonyl (C=O) groups excluding carboxylic acids is 1. The molecule has 3 aromatic rings. The number of amides is 1. The Hall–Kier alpha value is -3.44. The second-order valence-corrected chi connectivity index (χ2v) is 9.15. The molecule has 3 aliphatic rings. The number of carbonyl (C=O) groups is 1. The third-order valence-electron chi connectivity index (χ3n) is 7.08. The molecule has 3 unspecified atom stereocenters. The van der Waals surface area contributed by atoms with Gasteiger partial charge in [0.1, 0.15) is 0 Å². The van der Waals surface area contributed by atoms with E-state index in [1.807, 2.05) is 18.7 Å². The van der Waals surface area contributed by atoms with Crippen LogP contribution in [0.5, 0.6) is 0 Å². The first-order valence-corrected chi connectivity index (χ1v) is 11.0. The molecule has 0 spiro atoms. The number of nitrogens with zero attached hydrogens (tertiary/aromatic N) is 7. The van der Waals surface area contributed by atoms with E-state index in [0.717, 1.165) is 35.5 Å². The van der Waals surface area contributed by atoms with E-state index >= 15 is 0 Å². The van der Waals surface area contributed by atoms with E-state index in [9.17, 15) is 13.6 Å². The summed E-state index contributed by atoms with van der Waals surface area (Å²) in [6.45, 7) is 4.75. The molecule has 1 aliphatic heterocycles. The predicted molar refractivity (Wildman–Crippen MR) is 112 cm³/mol. The second kappa shape index (κ2) is 7.03. The Kier molecular flexibility index (Phi) is 4.30. The lowest BCUT2D eigenvalue weighted by molar-refractivity contribution is 0.0795. The number of H-pyrrole nitrogens is 1. The average molecular weight is 455 g/mol. The van der Waals surface area contributed by atoms with Crippen molar-refractivity contribution in [1.29, 1.82) is 0 Å². The zero-order valence-electron chi connectivity index (χ0n) is 18.2. The molecule has 6 rings (SSSR count). The van der Waals surface area contributed by atoms with Crippen LogP contribution in [0.2, 0.25) is 0 Å². The summed E-state index contributed by atoms with van der Waals surface area (Å²) in [6, 6.07) is -0.137. The van der Waals surface area contributed by atoms with Gasteiger partial charge in [-0.05, 0) is 32.3 Å². The lowest BCUT2D eigenvalue weighted by atomic mass is 10.2. The van der Waals surface area contributed by atoms with Gasteiger partial charge in [-0.1, -0.05) is 5.21 Å². The number of anilines is 1. The molecule has 2 N–H and O–H groups in total. The van der Waals surface area contributed by atoms with Crippen LogP contribution in [0.4, 0.5) is 14.7 Å². The van der Waals surface area contributed by atoms with Crippen molar-refractivity contribution in [1.82, 2.24) is 40.5 Å². The van der Waals surface area contributed by atoms with Crippen molar-refractivity contribution < 1.29 is 13.6 Å². The Labute approximate surface area is 187 Å². The highest BCUT2D eigenvalue weighted by Crippen LogP contribution is 2.59. The minimum absolute atomic E-state index is 0.137. The van der Waals surface area contributed by atoms with Crippen LogP contribution in [0.25, 0.3) is 0 Å². The number of aryl methyl sites for hydroxylation is 2. The summed E-state index contributed by atoms with van der Waals surface area (Å²) in [5.41, 5.74) is 4.88. The van der Waals surface area contributed by atoms with Crippen molar-refractivity contribution in [3.05, 3.63) is 46.3 Å². The molecule has 12 heteroatoms. The van der Waals surface area contributed by atoms with Crippen molar-refractivity contribution in [2.24, 2.45) is 11.8 Å². The Morgan fingerprint density at radius 3 is 2.85 bits per heavy atom. The maximum Gasteiger partial charge on any atom is 0.274 e. The normalized spacial score (nSPS) is 24.6. The molecule has 0 radical (unpaired) electrons. The second-order valence-electron chi connectivity index (χ2n) is 9.15. The maximum absolute atomic E-state index is 13.4. The topological polar surface area (TPSA) is 118 Å². The zero-order valence-corrected chi connectivity index (χ0v) is 18.2. The van der Waals surface area contributed by atoms with Crippen LogP contribution < -0.4 is 10.2 Å². The Morgan fingerprint density at radius 1 is 1.30 bits per heavy atom. The number of rotatable bonds is 5. The first kappa shape index (κ1) is 20.2. The Morgan fingerprint density at radius 2 is 2.09 bits per heavy atom. The highest BCUT2D eigenvalue weighted by Gasteiger charge is 2.72. The van der Waals surface area contributed by atoms with Crippen LogP contribution in [0.15, 0.2) is 12.4 Å². The minimum atomic E-state index is -2.53. The van der Waals surface area contributed by atoms with Gasteiger partial charge in [-0.2, -0.15) is 5.10 Å². The summed E-state index contributed by atoms with van der Waals surface area (Å²) in [7, 11) is 0. The molecule has 3 aromatic heterocycles. The number of hydrogen-bond acceptors (Lipinski definition) is 7. The summed E-state index contributed by atoms with van der Waals surface area (Å²) in [6.07, 6.45) is 4.96. The molecule has 0 bridgehead atoms. The van der Waals surface area contributed by atoms with Gasteiger partial charge in [0.15, 0.2) is 5.69 Å². The Balaban J connectivity index is 1.10. The largest absolute Gasteiger partial charge is 0.342 e. The number of alkyl halides is 2. The third-order valence-corrected chi connectivity index (χ3v) is 7.08. The van der Waals surface area contributed by atoms with E-state index in [0.29, 0.717) is 25.6 Å². The fourth-order valence-corrected chi connectivity index (χ4v) is 4.99. The lowest BCUT2D eigenvalue weighted by Gasteiger charge is -2.20. The third kappa shape index (κ3) is 3.26. The van der Waals surface area contributed by atoms with E-state index in [4.69, 9.17) is 0 Å². The molecule has 2 fully saturated rings. The molecule has 4 heterocycles. The van der Waals surface area contributed by atoms with Crippen LogP contribution in [-0.2, 0) is 13.0 Å². The molecule has 1 amide bonds. The van der Waals surface area contributed by atoms with Gasteiger partial charge in [0, 0.05) is 36.2 Å². The smallest absolute Gasteiger partial charge is 0.274 e. The molecule has 1 saturated carbocycles. The van der Waals surface area contributed by atoms with Crippen LogP contribution in [0, 0.1) is 25.7 Å². The van der Waals surface area contributed by atoms with Crippen molar-refractivity contribution in [3.8, 4) is 0 Å². The quantitative estimate of drug-likeness (QED) is 0.600. The Bertz CT molecular complexity index is 1240. The van der Waals surface area contributed by atoms with Gasteiger partial charge in [-0.25, -0.2) is 23.4 Å². The van der Waals surface area contributed by atoms with Crippen molar-refractivity contribution in [3.63, 3.8) is 0 Å². The van der Waals surface area contributed by atoms with Gasteiger partial charge >= 0.3 is 0 Å². The molecule has 33 heavy (non-hydrogen) atoms. The number of hydrogen-bond donors (Lipinski definition) is 2. The molecular weight excluding hydrogens is 432 g/mol. The summed E-state index contributed by atoms with van der Waals surface area (Å²) < 4.78 is 28.4. The van der Waals surface area contributed by atoms with Gasteiger partial charge in [0.05, 0.1) is 36.3 Å². The first-order valence-electron chi connectivity index (χ1n) is 11.0. The van der Waals surface area contributed by atoms with E-state index in [-0.39, 0.29) is 17.6 Å². The van der Waals surface area contributed by atoms with E-state index < -0.39 is 17.8 Å². The van der Waals surface area contributed by atoms with Gasteiger partial charge in [0.25, 0.3) is 11.8 Å². The van der Waals surface area contributed by atoms with Gasteiger partial charge in [-0.3, -0.25) is 9.89 Å². The van der Waals surface area contributed by atoms with Crippen LogP contribution in [0.1, 0.15) is 51.2 Å². The van der Waals surface area contributed by atoms with Gasteiger partial charge < -0.3 is 10.2 Å². The number of aromatic amines is 1. The minimum Gasteiger partial charge on any atom is -0.342 e. The summed E-state index contributed by atoms with van der Waals surface area (Å²) in [5.74, 6) is -3.50. The summed E-state index contributed by atoms with van der Waals surface area (Å²) in [5, 5.41) is 18.3. The molecular formula is C21H23F2N9O. The summed E-state index contributed by atoms with van der Waals surface area (Å²) in [4.78, 5) is 23.4.